The van der Waals surface area contributed by atoms with Gasteiger partial charge in [-0.05, 0) is 63.1 Å². The topological polar surface area (TPSA) is 76.6 Å². The Balaban J connectivity index is 1.65. The first kappa shape index (κ1) is 20.0. The van der Waals surface area contributed by atoms with E-state index in [1.165, 1.54) is 5.56 Å². The molecule has 1 aromatic heterocycles. The number of rotatable bonds is 4. The number of carbonyl (C=O) groups is 2. The Kier molecular flexibility index (Phi) is 5.15. The first-order chi connectivity index (χ1) is 13.9. The zero-order valence-corrected chi connectivity index (χ0v) is 17.7. The summed E-state index contributed by atoms with van der Waals surface area (Å²) in [5, 5.41) is 10.5. The number of hydrogen-bond donors (Lipinski definition) is 2. The lowest BCUT2D eigenvalue weighted by molar-refractivity contribution is -0.155. The summed E-state index contributed by atoms with van der Waals surface area (Å²) >= 11 is 0. The number of piperidine rings is 1. The van der Waals surface area contributed by atoms with E-state index in [2.05, 4.69) is 31.0 Å². The van der Waals surface area contributed by atoms with Gasteiger partial charge >= 0.3 is 0 Å². The molecule has 1 unspecified atom stereocenters. The van der Waals surface area contributed by atoms with Gasteiger partial charge in [-0.1, -0.05) is 12.1 Å². The highest BCUT2D eigenvalue weighted by molar-refractivity contribution is 5.97. The van der Waals surface area contributed by atoms with Crippen LogP contribution in [0.15, 0.2) is 12.1 Å². The van der Waals surface area contributed by atoms with Gasteiger partial charge in [0, 0.05) is 36.2 Å². The summed E-state index contributed by atoms with van der Waals surface area (Å²) in [6.07, 6.45) is 3.50. The summed E-state index contributed by atoms with van der Waals surface area (Å²) in [5.41, 5.74) is 4.79. The number of aliphatic hydroxyl groups excluding tert-OH is 1. The number of carbonyl (C=O) groups excluding carboxylic acids is 2. The smallest absolute Gasteiger partial charge is 0.248 e. The van der Waals surface area contributed by atoms with Gasteiger partial charge in [-0.2, -0.15) is 0 Å². The maximum atomic E-state index is 13.5. The normalized spacial score (nSPS) is 22.3. The number of likely N-dealkylation sites (tertiary alicyclic amines) is 2. The summed E-state index contributed by atoms with van der Waals surface area (Å²) in [7, 11) is 0. The minimum absolute atomic E-state index is 0.0197. The van der Waals surface area contributed by atoms with Crippen LogP contribution in [0.2, 0.25) is 0 Å². The van der Waals surface area contributed by atoms with Crippen molar-refractivity contribution in [1.82, 2.24) is 14.8 Å². The molecule has 2 saturated heterocycles. The van der Waals surface area contributed by atoms with E-state index in [-0.39, 0.29) is 18.4 Å². The summed E-state index contributed by atoms with van der Waals surface area (Å²) in [6.45, 7) is 7.80. The van der Waals surface area contributed by atoms with E-state index in [1.807, 2.05) is 11.8 Å². The third-order valence-electron chi connectivity index (χ3n) is 6.88. The monoisotopic (exact) mass is 397 g/mol. The van der Waals surface area contributed by atoms with Crippen molar-refractivity contribution in [3.63, 3.8) is 0 Å². The largest absolute Gasteiger partial charge is 0.395 e. The number of fused-ring (bicyclic) bond motifs is 1. The number of aliphatic hydroxyl groups is 1. The average Bonchev–Trinajstić information content (AvgIpc) is 3.26. The van der Waals surface area contributed by atoms with E-state index < -0.39 is 5.54 Å². The van der Waals surface area contributed by atoms with Crippen LogP contribution < -0.4 is 0 Å². The van der Waals surface area contributed by atoms with Crippen molar-refractivity contribution in [1.29, 1.82) is 0 Å². The van der Waals surface area contributed by atoms with Crippen LogP contribution in [0.25, 0.3) is 10.9 Å². The number of H-pyrrole nitrogens is 1. The molecule has 2 aromatic rings. The quantitative estimate of drug-likeness (QED) is 0.833. The maximum absolute atomic E-state index is 13.5. The molecule has 0 saturated carbocycles. The van der Waals surface area contributed by atoms with Crippen molar-refractivity contribution < 1.29 is 14.7 Å². The van der Waals surface area contributed by atoms with Crippen molar-refractivity contribution in [2.45, 2.75) is 58.4 Å². The Morgan fingerprint density at radius 2 is 1.83 bits per heavy atom. The predicted octanol–water partition coefficient (Wildman–Crippen LogP) is 2.61. The molecule has 156 valence electrons. The van der Waals surface area contributed by atoms with Crippen LogP contribution in [0, 0.1) is 20.8 Å². The predicted molar refractivity (Wildman–Crippen MR) is 113 cm³/mol. The van der Waals surface area contributed by atoms with Crippen LogP contribution in [0.3, 0.4) is 0 Å². The summed E-state index contributed by atoms with van der Waals surface area (Å²) in [5.74, 6) is 0.0536. The Morgan fingerprint density at radius 1 is 1.14 bits per heavy atom. The third kappa shape index (κ3) is 3.14. The van der Waals surface area contributed by atoms with Gasteiger partial charge in [-0.3, -0.25) is 9.59 Å². The van der Waals surface area contributed by atoms with Crippen molar-refractivity contribution in [3.8, 4) is 0 Å². The highest BCUT2D eigenvalue weighted by Gasteiger charge is 2.52. The van der Waals surface area contributed by atoms with Gasteiger partial charge in [0.2, 0.25) is 11.8 Å². The van der Waals surface area contributed by atoms with E-state index in [9.17, 15) is 14.7 Å². The Labute approximate surface area is 171 Å². The SMILES string of the molecule is Cc1[nH]c2c(C)ccc(C)c2c1CC(=O)N1CCCC12CCCN(CCO)C2=O. The fourth-order valence-corrected chi connectivity index (χ4v) is 5.40. The van der Waals surface area contributed by atoms with E-state index in [4.69, 9.17) is 0 Å². The molecule has 29 heavy (non-hydrogen) atoms. The van der Waals surface area contributed by atoms with Crippen LogP contribution in [0.5, 0.6) is 0 Å². The first-order valence-electron chi connectivity index (χ1n) is 10.7. The Morgan fingerprint density at radius 3 is 2.55 bits per heavy atom. The van der Waals surface area contributed by atoms with Crippen molar-refractivity contribution >= 4 is 22.7 Å². The van der Waals surface area contributed by atoms with Crippen LogP contribution in [-0.4, -0.2) is 63.5 Å². The van der Waals surface area contributed by atoms with Crippen LogP contribution >= 0.6 is 0 Å². The van der Waals surface area contributed by atoms with Crippen molar-refractivity contribution in [2.75, 3.05) is 26.2 Å². The molecule has 2 amide bonds. The number of benzene rings is 1. The highest BCUT2D eigenvalue weighted by atomic mass is 16.3. The lowest BCUT2D eigenvalue weighted by Crippen LogP contribution is -2.61. The van der Waals surface area contributed by atoms with Gasteiger partial charge in [0.05, 0.1) is 13.0 Å². The van der Waals surface area contributed by atoms with Gasteiger partial charge in [-0.25, -0.2) is 0 Å². The van der Waals surface area contributed by atoms with Crippen LogP contribution in [0.1, 0.15) is 48.1 Å². The van der Waals surface area contributed by atoms with Crippen LogP contribution in [0.4, 0.5) is 0 Å². The molecule has 4 rings (SSSR count). The molecule has 6 heteroatoms. The highest BCUT2D eigenvalue weighted by Crippen LogP contribution is 2.39. The Hall–Kier alpha value is -2.34. The summed E-state index contributed by atoms with van der Waals surface area (Å²) in [4.78, 5) is 33.8. The van der Waals surface area contributed by atoms with Crippen LogP contribution in [-0.2, 0) is 16.0 Å². The molecule has 3 heterocycles. The minimum atomic E-state index is -0.713. The van der Waals surface area contributed by atoms with Crippen molar-refractivity contribution in [2.24, 2.45) is 0 Å². The molecule has 2 fully saturated rings. The Bertz CT molecular complexity index is 962. The lowest BCUT2D eigenvalue weighted by Gasteiger charge is -2.44. The number of aromatic nitrogens is 1. The molecule has 1 spiro atoms. The third-order valence-corrected chi connectivity index (χ3v) is 6.88. The number of nitrogens with one attached hydrogen (secondary N) is 1. The van der Waals surface area contributed by atoms with Gasteiger partial charge in [0.15, 0.2) is 0 Å². The number of aromatic amines is 1. The number of hydrogen-bond acceptors (Lipinski definition) is 3. The summed E-state index contributed by atoms with van der Waals surface area (Å²) in [6, 6.07) is 4.21. The van der Waals surface area contributed by atoms with Gasteiger partial charge < -0.3 is 19.9 Å². The molecule has 2 aliphatic rings. The van der Waals surface area contributed by atoms with E-state index >= 15 is 0 Å². The average molecular weight is 398 g/mol. The van der Waals surface area contributed by atoms with E-state index in [1.54, 1.807) is 4.90 Å². The summed E-state index contributed by atoms with van der Waals surface area (Å²) < 4.78 is 0. The molecule has 2 aliphatic heterocycles. The zero-order chi connectivity index (χ0) is 20.8. The van der Waals surface area contributed by atoms with E-state index in [0.29, 0.717) is 26.1 Å². The van der Waals surface area contributed by atoms with Gasteiger partial charge in [0.25, 0.3) is 0 Å². The molecule has 6 nitrogen and oxygen atoms in total. The number of β-amino-alcohol motifs (C(OH)–C–C–N with tert-alkyl or cyclic N) is 1. The van der Waals surface area contributed by atoms with E-state index in [0.717, 1.165) is 53.4 Å². The molecule has 0 radical (unpaired) electrons. The second-order valence-corrected chi connectivity index (χ2v) is 8.65. The molecule has 2 N–H and O–H groups in total. The molecule has 1 aromatic carbocycles. The molecule has 1 atom stereocenters. The number of nitrogens with zero attached hydrogens (tertiary/aromatic N) is 2. The van der Waals surface area contributed by atoms with Crippen molar-refractivity contribution in [3.05, 3.63) is 34.5 Å². The fourth-order valence-electron chi connectivity index (χ4n) is 5.40. The number of amides is 2. The molecular weight excluding hydrogens is 366 g/mol. The molecule has 0 aliphatic carbocycles. The zero-order valence-electron chi connectivity index (χ0n) is 17.7. The number of aryl methyl sites for hydroxylation is 3. The van der Waals surface area contributed by atoms with Gasteiger partial charge in [-0.15, -0.1) is 0 Å². The van der Waals surface area contributed by atoms with Gasteiger partial charge in [0.1, 0.15) is 5.54 Å². The second-order valence-electron chi connectivity index (χ2n) is 8.65. The maximum Gasteiger partial charge on any atom is 0.248 e. The lowest BCUT2D eigenvalue weighted by atomic mass is 9.85. The molecule has 0 bridgehead atoms. The standard InChI is InChI=1S/C23H31N3O3/c1-15-6-7-16(2)21-20(15)18(17(3)24-21)14-19(28)26-11-5-9-23(26)8-4-10-25(12-13-27)22(23)29/h6-7,24,27H,4-5,8-14H2,1-3H3. The molecular formula is C23H31N3O3. The fraction of sp³-hybridized carbons (Fsp3) is 0.565. The second kappa shape index (κ2) is 7.48. The minimum Gasteiger partial charge on any atom is -0.395 e. The first-order valence-corrected chi connectivity index (χ1v) is 10.7.